The number of aromatic amines is 1. The first-order chi connectivity index (χ1) is 13.0. The van der Waals surface area contributed by atoms with Crippen LogP contribution < -0.4 is 10.6 Å². The fourth-order valence-corrected chi connectivity index (χ4v) is 3.70. The third-order valence-corrected chi connectivity index (χ3v) is 5.64. The van der Waals surface area contributed by atoms with E-state index in [0.717, 1.165) is 32.2 Å². The first kappa shape index (κ1) is 19.5. The van der Waals surface area contributed by atoms with Crippen molar-refractivity contribution in [3.05, 3.63) is 53.6 Å². The predicted octanol–water partition coefficient (Wildman–Crippen LogP) is 5.70. The Bertz CT molecular complexity index is 892. The molecule has 3 rings (SSSR count). The molecule has 0 spiro atoms. The van der Waals surface area contributed by atoms with Gasteiger partial charge in [-0.05, 0) is 73.5 Å². The van der Waals surface area contributed by atoms with Crippen molar-refractivity contribution in [3.63, 3.8) is 0 Å². The molecule has 1 atom stereocenters. The molecular weight excluding hydrogens is 330 g/mol. The average molecular weight is 364 g/mol. The molecule has 1 aromatic heterocycles. The van der Waals surface area contributed by atoms with Gasteiger partial charge in [0.25, 0.3) is 0 Å². The molecule has 3 heteroatoms. The Kier molecular flexibility index (Phi) is 6.22. The minimum Gasteiger partial charge on any atom is -0.378 e. The molecule has 3 N–H and O–H groups in total. The quantitative estimate of drug-likeness (QED) is 0.505. The van der Waals surface area contributed by atoms with Gasteiger partial charge in [0.15, 0.2) is 0 Å². The number of aromatic nitrogens is 1. The first-order valence-corrected chi connectivity index (χ1v) is 10.2. The lowest BCUT2D eigenvalue weighted by Crippen LogP contribution is -2.08. The maximum atomic E-state index is 5.75. The molecule has 0 amide bonds. The molecule has 0 radical (unpaired) electrons. The molecule has 144 valence electrons. The smallest absolute Gasteiger partial charge is 0.0498 e. The van der Waals surface area contributed by atoms with Crippen LogP contribution in [-0.2, 0) is 6.42 Å². The highest BCUT2D eigenvalue weighted by Gasteiger charge is 2.15. The van der Waals surface area contributed by atoms with Gasteiger partial charge >= 0.3 is 0 Å². The highest BCUT2D eigenvalue weighted by Crippen LogP contribution is 2.35. The third kappa shape index (κ3) is 4.19. The number of hydrogen-bond donors (Lipinski definition) is 2. The van der Waals surface area contributed by atoms with Crippen LogP contribution in [0.1, 0.15) is 50.2 Å². The van der Waals surface area contributed by atoms with Crippen molar-refractivity contribution in [2.24, 2.45) is 5.73 Å². The summed E-state index contributed by atoms with van der Waals surface area (Å²) < 4.78 is 0. The van der Waals surface area contributed by atoms with Crippen LogP contribution in [0.4, 0.5) is 5.69 Å². The summed E-state index contributed by atoms with van der Waals surface area (Å²) in [7, 11) is 4.18. The van der Waals surface area contributed by atoms with Crippen molar-refractivity contribution in [2.75, 3.05) is 25.5 Å². The van der Waals surface area contributed by atoms with Crippen molar-refractivity contribution in [3.8, 4) is 11.3 Å². The molecule has 0 fully saturated rings. The number of nitrogens with zero attached hydrogens (tertiary/aromatic N) is 1. The van der Waals surface area contributed by atoms with Crippen molar-refractivity contribution in [1.82, 2.24) is 4.98 Å². The lowest BCUT2D eigenvalue weighted by molar-refractivity contribution is 0.734. The summed E-state index contributed by atoms with van der Waals surface area (Å²) in [4.78, 5) is 5.86. The van der Waals surface area contributed by atoms with Crippen LogP contribution in [0.15, 0.2) is 42.5 Å². The molecule has 27 heavy (non-hydrogen) atoms. The topological polar surface area (TPSA) is 45.0 Å². The Hall–Kier alpha value is -2.26. The molecule has 1 unspecified atom stereocenters. The third-order valence-electron chi connectivity index (χ3n) is 5.64. The maximum absolute atomic E-state index is 5.75. The van der Waals surface area contributed by atoms with E-state index in [4.69, 9.17) is 5.73 Å². The normalized spacial score (nSPS) is 12.5. The highest BCUT2D eigenvalue weighted by molar-refractivity contribution is 5.91. The Morgan fingerprint density at radius 2 is 1.89 bits per heavy atom. The molecule has 0 bridgehead atoms. The van der Waals surface area contributed by atoms with E-state index in [0.29, 0.717) is 5.92 Å². The second-order valence-electron chi connectivity index (χ2n) is 7.78. The van der Waals surface area contributed by atoms with E-state index in [-0.39, 0.29) is 0 Å². The maximum Gasteiger partial charge on any atom is 0.0498 e. The van der Waals surface area contributed by atoms with Gasteiger partial charge in [-0.1, -0.05) is 32.0 Å². The number of unbranched alkanes of at least 4 members (excludes halogenated alkanes) is 1. The van der Waals surface area contributed by atoms with Gasteiger partial charge in [0.05, 0.1) is 0 Å². The van der Waals surface area contributed by atoms with Crippen LogP contribution >= 0.6 is 0 Å². The van der Waals surface area contributed by atoms with Crippen LogP contribution in [0.2, 0.25) is 0 Å². The Morgan fingerprint density at radius 3 is 2.59 bits per heavy atom. The van der Waals surface area contributed by atoms with Crippen LogP contribution in [0.3, 0.4) is 0 Å². The zero-order chi connectivity index (χ0) is 19.4. The number of nitrogens with one attached hydrogen (secondary N) is 1. The number of aryl methyl sites for hydroxylation is 1. The van der Waals surface area contributed by atoms with Gasteiger partial charge in [-0.15, -0.1) is 0 Å². The Morgan fingerprint density at radius 1 is 1.07 bits per heavy atom. The highest BCUT2D eigenvalue weighted by atomic mass is 15.1. The lowest BCUT2D eigenvalue weighted by atomic mass is 9.94. The van der Waals surface area contributed by atoms with Crippen LogP contribution in [0.5, 0.6) is 0 Å². The van der Waals surface area contributed by atoms with Gasteiger partial charge in [-0.25, -0.2) is 0 Å². The fourth-order valence-electron chi connectivity index (χ4n) is 3.70. The van der Waals surface area contributed by atoms with E-state index in [9.17, 15) is 0 Å². The molecular formula is C24H33N3. The van der Waals surface area contributed by atoms with E-state index in [1.807, 2.05) is 0 Å². The number of benzene rings is 2. The van der Waals surface area contributed by atoms with Gasteiger partial charge < -0.3 is 15.6 Å². The molecule has 0 aliphatic carbocycles. The monoisotopic (exact) mass is 363 g/mol. The molecule has 2 aromatic carbocycles. The predicted molar refractivity (Wildman–Crippen MR) is 119 cm³/mol. The average Bonchev–Trinajstić information content (AvgIpc) is 3.05. The summed E-state index contributed by atoms with van der Waals surface area (Å²) in [5.41, 5.74) is 13.6. The zero-order valence-electron chi connectivity index (χ0n) is 17.2. The van der Waals surface area contributed by atoms with Gasteiger partial charge in [0.2, 0.25) is 0 Å². The van der Waals surface area contributed by atoms with Crippen molar-refractivity contribution in [1.29, 1.82) is 0 Å². The van der Waals surface area contributed by atoms with Crippen molar-refractivity contribution < 1.29 is 0 Å². The van der Waals surface area contributed by atoms with Gasteiger partial charge in [-0.2, -0.15) is 0 Å². The summed E-state index contributed by atoms with van der Waals surface area (Å²) in [5.74, 6) is 0.585. The second-order valence-corrected chi connectivity index (χ2v) is 7.78. The summed E-state index contributed by atoms with van der Waals surface area (Å²) in [6, 6.07) is 15.7. The number of H-pyrrole nitrogens is 1. The molecule has 0 saturated carbocycles. The van der Waals surface area contributed by atoms with Crippen LogP contribution in [-0.4, -0.2) is 25.6 Å². The van der Waals surface area contributed by atoms with Crippen LogP contribution in [0, 0.1) is 0 Å². The number of anilines is 1. The van der Waals surface area contributed by atoms with E-state index in [1.165, 1.54) is 39.0 Å². The van der Waals surface area contributed by atoms with Crippen molar-refractivity contribution in [2.45, 2.75) is 45.4 Å². The number of fused-ring (bicyclic) bond motifs is 1. The van der Waals surface area contributed by atoms with Gasteiger partial charge in [0, 0.05) is 41.9 Å². The Labute approximate surface area is 163 Å². The van der Waals surface area contributed by atoms with E-state index < -0.39 is 0 Å². The minimum atomic E-state index is 0.585. The molecule has 0 saturated heterocycles. The summed E-state index contributed by atoms with van der Waals surface area (Å²) in [6.07, 6.45) is 4.41. The minimum absolute atomic E-state index is 0.585. The van der Waals surface area contributed by atoms with Gasteiger partial charge in [-0.3, -0.25) is 0 Å². The van der Waals surface area contributed by atoms with Crippen LogP contribution in [0.25, 0.3) is 22.2 Å². The zero-order valence-corrected chi connectivity index (χ0v) is 17.2. The number of rotatable bonds is 8. The number of nitrogens with two attached hydrogens (primary N) is 1. The van der Waals surface area contributed by atoms with E-state index in [2.05, 4.69) is 80.3 Å². The summed E-state index contributed by atoms with van der Waals surface area (Å²) in [6.45, 7) is 5.32. The SMILES string of the molecule is CCC(C)c1ccc2[nH]c(-c3cccc(N(C)C)c3)c(CCCCN)c2c1. The molecule has 1 heterocycles. The van der Waals surface area contributed by atoms with Gasteiger partial charge in [0.1, 0.15) is 0 Å². The fraction of sp³-hybridized carbons (Fsp3) is 0.417. The first-order valence-electron chi connectivity index (χ1n) is 10.2. The standard InChI is InChI=1S/C24H33N3/c1-5-17(2)18-12-13-23-22(16-18)21(11-6-7-14-25)24(26-23)19-9-8-10-20(15-19)27(3)4/h8-10,12-13,15-17,26H,5-7,11,14,25H2,1-4H3. The molecule has 0 aliphatic rings. The van der Waals surface area contributed by atoms with E-state index >= 15 is 0 Å². The number of hydrogen-bond acceptors (Lipinski definition) is 2. The lowest BCUT2D eigenvalue weighted by Gasteiger charge is -2.14. The Balaban J connectivity index is 2.12. The molecule has 0 aliphatic heterocycles. The summed E-state index contributed by atoms with van der Waals surface area (Å²) in [5, 5.41) is 1.37. The van der Waals surface area contributed by atoms with Crippen molar-refractivity contribution >= 4 is 16.6 Å². The molecule has 3 nitrogen and oxygen atoms in total. The van der Waals surface area contributed by atoms with E-state index in [1.54, 1.807) is 0 Å². The summed E-state index contributed by atoms with van der Waals surface area (Å²) >= 11 is 0. The second kappa shape index (κ2) is 8.62. The largest absolute Gasteiger partial charge is 0.378 e. The molecule has 3 aromatic rings.